The number of carbonyl (C=O) groups is 2. The highest BCUT2D eigenvalue weighted by Crippen LogP contribution is 2.27. The van der Waals surface area contributed by atoms with Crippen molar-refractivity contribution >= 4 is 23.3 Å². The van der Waals surface area contributed by atoms with Crippen LogP contribution in [-0.2, 0) is 0 Å². The normalized spacial score (nSPS) is 15.2. The zero-order chi connectivity index (χ0) is 23.4. The van der Waals surface area contributed by atoms with Gasteiger partial charge in [0.1, 0.15) is 17.2 Å². The Morgan fingerprint density at radius 1 is 1.12 bits per heavy atom. The summed E-state index contributed by atoms with van der Waals surface area (Å²) in [7, 11) is 1.52. The van der Waals surface area contributed by atoms with Crippen LogP contribution in [0.3, 0.4) is 0 Å². The number of nitro groups is 1. The number of aliphatic imine (C=N–C) groups is 1. The van der Waals surface area contributed by atoms with Gasteiger partial charge in [0.25, 0.3) is 11.6 Å². The molecule has 33 heavy (non-hydrogen) atoms. The quantitative estimate of drug-likeness (QED) is 0.438. The van der Waals surface area contributed by atoms with E-state index in [0.717, 1.165) is 11.1 Å². The fraction of sp³-hybridized carbons (Fsp3) is 0.130. The van der Waals surface area contributed by atoms with E-state index in [4.69, 9.17) is 4.74 Å². The van der Waals surface area contributed by atoms with Crippen LogP contribution in [0.1, 0.15) is 34.1 Å². The molecule has 4 rings (SSSR count). The molecule has 1 aromatic heterocycles. The van der Waals surface area contributed by atoms with Crippen LogP contribution >= 0.6 is 0 Å². The molecule has 0 aliphatic carbocycles. The number of pyridine rings is 1. The van der Waals surface area contributed by atoms with Crippen molar-refractivity contribution in [2.24, 2.45) is 4.99 Å². The largest absolute Gasteiger partial charge is 0.457 e. The van der Waals surface area contributed by atoms with Crippen molar-refractivity contribution in [2.75, 3.05) is 7.05 Å². The molecule has 1 aliphatic rings. The molecule has 2 N–H and O–H groups in total. The Morgan fingerprint density at radius 3 is 2.52 bits per heavy atom. The molecular formula is C23H19N5O5. The van der Waals surface area contributed by atoms with Crippen molar-refractivity contribution in [3.63, 3.8) is 0 Å². The summed E-state index contributed by atoms with van der Waals surface area (Å²) in [5, 5.41) is 16.2. The van der Waals surface area contributed by atoms with E-state index in [0.29, 0.717) is 23.6 Å². The molecule has 10 nitrogen and oxygen atoms in total. The van der Waals surface area contributed by atoms with Crippen molar-refractivity contribution < 1.29 is 19.2 Å². The molecule has 0 saturated heterocycles. The monoisotopic (exact) mass is 445 g/mol. The molecule has 0 radical (unpaired) electrons. The van der Waals surface area contributed by atoms with Gasteiger partial charge in [-0.3, -0.25) is 19.9 Å². The van der Waals surface area contributed by atoms with Crippen LogP contribution in [0, 0.1) is 10.1 Å². The molecule has 0 spiro atoms. The van der Waals surface area contributed by atoms with Gasteiger partial charge in [-0.05, 0) is 41.5 Å². The van der Waals surface area contributed by atoms with Crippen LogP contribution in [0.15, 0.2) is 71.9 Å². The van der Waals surface area contributed by atoms with Crippen LogP contribution in [-0.4, -0.2) is 34.6 Å². The summed E-state index contributed by atoms with van der Waals surface area (Å²) in [6.07, 6.45) is 1.92. The van der Waals surface area contributed by atoms with Gasteiger partial charge in [0.05, 0.1) is 16.7 Å². The predicted octanol–water partition coefficient (Wildman–Crippen LogP) is 3.79. The number of amides is 3. The SMILES string of the molecule is CNC(=O)c1cc(Oc2ccc(C3=NC(=O)NC(c4ccc([N+](=O)[O-])cc4)C3)cc2)ccn1. The number of aromatic nitrogens is 1. The van der Waals surface area contributed by atoms with Crippen LogP contribution in [0.25, 0.3) is 0 Å². The Kier molecular flexibility index (Phi) is 6.07. The van der Waals surface area contributed by atoms with E-state index in [1.165, 1.54) is 31.4 Å². The highest BCUT2D eigenvalue weighted by atomic mass is 16.6. The number of rotatable bonds is 6. The first-order valence-electron chi connectivity index (χ1n) is 10.0. The maximum absolute atomic E-state index is 12.2. The first kappa shape index (κ1) is 21.6. The summed E-state index contributed by atoms with van der Waals surface area (Å²) in [6.45, 7) is 0. The van der Waals surface area contributed by atoms with Crippen molar-refractivity contribution in [3.8, 4) is 11.5 Å². The number of non-ortho nitro benzene ring substituents is 1. The third-order valence-electron chi connectivity index (χ3n) is 5.05. The Hall–Kier alpha value is -4.60. The molecule has 1 atom stereocenters. The van der Waals surface area contributed by atoms with Gasteiger partial charge >= 0.3 is 6.03 Å². The molecule has 0 fully saturated rings. The van der Waals surface area contributed by atoms with Crippen LogP contribution < -0.4 is 15.4 Å². The number of ether oxygens (including phenoxy) is 1. The minimum atomic E-state index is -0.474. The smallest absolute Gasteiger partial charge is 0.341 e. The van der Waals surface area contributed by atoms with E-state index in [1.54, 1.807) is 42.5 Å². The number of urea groups is 1. The standard InChI is InChI=1S/C23H19N5O5/c1-24-22(29)21-12-18(10-11-25-21)33-17-8-4-15(5-9-17)20-13-19(26-23(30)27-20)14-2-6-16(7-3-14)28(31)32/h2-12,19H,13H2,1H3,(H,24,29)(H,26,30). The van der Waals surface area contributed by atoms with Gasteiger partial charge in [0.2, 0.25) is 0 Å². The number of benzene rings is 2. The van der Waals surface area contributed by atoms with E-state index in [1.807, 2.05) is 0 Å². The van der Waals surface area contributed by atoms with Crippen LogP contribution in [0.4, 0.5) is 10.5 Å². The Labute approximate surface area is 188 Å². The fourth-order valence-corrected chi connectivity index (χ4v) is 3.38. The zero-order valence-electron chi connectivity index (χ0n) is 17.5. The van der Waals surface area contributed by atoms with E-state index in [9.17, 15) is 19.7 Å². The van der Waals surface area contributed by atoms with E-state index >= 15 is 0 Å². The second-order valence-electron chi connectivity index (χ2n) is 7.20. The molecule has 2 aromatic carbocycles. The summed E-state index contributed by atoms with van der Waals surface area (Å²) < 4.78 is 5.80. The number of nitro benzene ring substituents is 1. The summed E-state index contributed by atoms with van der Waals surface area (Å²) in [6, 6.07) is 15.5. The molecule has 0 bridgehead atoms. The fourth-order valence-electron chi connectivity index (χ4n) is 3.38. The van der Waals surface area contributed by atoms with Gasteiger partial charge in [0, 0.05) is 37.9 Å². The summed E-state index contributed by atoms with van der Waals surface area (Å²) in [4.78, 5) is 42.4. The highest BCUT2D eigenvalue weighted by molar-refractivity contribution is 6.08. The highest BCUT2D eigenvalue weighted by Gasteiger charge is 2.24. The number of carbonyl (C=O) groups excluding carboxylic acids is 2. The maximum Gasteiger partial charge on any atom is 0.341 e. The van der Waals surface area contributed by atoms with Gasteiger partial charge in [-0.1, -0.05) is 12.1 Å². The number of hydrogen-bond donors (Lipinski definition) is 2. The first-order chi connectivity index (χ1) is 15.9. The summed E-state index contributed by atoms with van der Waals surface area (Å²) >= 11 is 0. The van der Waals surface area contributed by atoms with Crippen molar-refractivity contribution in [1.29, 1.82) is 0 Å². The van der Waals surface area contributed by atoms with Gasteiger partial charge in [0.15, 0.2) is 0 Å². The maximum atomic E-state index is 12.2. The summed E-state index contributed by atoms with van der Waals surface area (Å²) in [5.41, 5.74) is 2.34. The van der Waals surface area contributed by atoms with Gasteiger partial charge in [-0.2, -0.15) is 4.99 Å². The first-order valence-corrected chi connectivity index (χ1v) is 10.0. The third-order valence-corrected chi connectivity index (χ3v) is 5.05. The third kappa shape index (κ3) is 5.01. The van der Waals surface area contributed by atoms with E-state index < -0.39 is 11.0 Å². The van der Waals surface area contributed by atoms with Gasteiger partial charge < -0.3 is 15.4 Å². The molecular weight excluding hydrogens is 426 g/mol. The second-order valence-corrected chi connectivity index (χ2v) is 7.20. The second kappa shape index (κ2) is 9.27. The lowest BCUT2D eigenvalue weighted by molar-refractivity contribution is -0.384. The predicted molar refractivity (Wildman–Crippen MR) is 120 cm³/mol. The van der Waals surface area contributed by atoms with Crippen LogP contribution in [0.2, 0.25) is 0 Å². The minimum Gasteiger partial charge on any atom is -0.457 e. The van der Waals surface area contributed by atoms with Crippen LogP contribution in [0.5, 0.6) is 11.5 Å². The Balaban J connectivity index is 1.48. The molecule has 0 saturated carbocycles. The lowest BCUT2D eigenvalue weighted by Gasteiger charge is -2.23. The molecule has 3 aromatic rings. The lowest BCUT2D eigenvalue weighted by Crippen LogP contribution is -2.33. The number of nitrogens with zero attached hydrogens (tertiary/aromatic N) is 3. The van der Waals surface area contributed by atoms with Gasteiger partial charge in [-0.25, -0.2) is 4.79 Å². The zero-order valence-corrected chi connectivity index (χ0v) is 17.5. The summed E-state index contributed by atoms with van der Waals surface area (Å²) in [5.74, 6) is 0.691. The number of hydrogen-bond acceptors (Lipinski definition) is 6. The van der Waals surface area contributed by atoms with E-state index in [-0.39, 0.29) is 23.3 Å². The lowest BCUT2D eigenvalue weighted by atomic mass is 9.96. The average Bonchev–Trinajstić information content (AvgIpc) is 2.84. The Morgan fingerprint density at radius 2 is 1.85 bits per heavy atom. The molecule has 1 aliphatic heterocycles. The molecule has 2 heterocycles. The molecule has 3 amide bonds. The molecule has 166 valence electrons. The van der Waals surface area contributed by atoms with Gasteiger partial charge in [-0.15, -0.1) is 0 Å². The van der Waals surface area contributed by atoms with Crippen molar-refractivity contribution in [3.05, 3.63) is 93.8 Å². The van der Waals surface area contributed by atoms with Crippen molar-refractivity contribution in [2.45, 2.75) is 12.5 Å². The average molecular weight is 445 g/mol. The Bertz CT molecular complexity index is 1240. The van der Waals surface area contributed by atoms with E-state index in [2.05, 4.69) is 20.6 Å². The van der Waals surface area contributed by atoms with Crippen molar-refractivity contribution in [1.82, 2.24) is 15.6 Å². The topological polar surface area (TPSA) is 136 Å². The molecule has 1 unspecified atom stereocenters. The molecule has 10 heteroatoms. The number of nitrogens with one attached hydrogen (secondary N) is 2. The minimum absolute atomic E-state index is 0.0120.